The summed E-state index contributed by atoms with van der Waals surface area (Å²) in [6.45, 7) is 0.253. The van der Waals surface area contributed by atoms with E-state index in [9.17, 15) is 19.2 Å². The van der Waals surface area contributed by atoms with Crippen LogP contribution in [0.1, 0.15) is 46.6 Å². The fraction of sp³-hybridized carbons (Fsp3) is 0.292. The molecule has 0 spiro atoms. The van der Waals surface area contributed by atoms with Crippen LogP contribution in [0.2, 0.25) is 0 Å². The summed E-state index contributed by atoms with van der Waals surface area (Å²) in [7, 11) is 0. The van der Waals surface area contributed by atoms with Crippen LogP contribution in [0.5, 0.6) is 0 Å². The zero-order valence-corrected chi connectivity index (χ0v) is 20.8. The van der Waals surface area contributed by atoms with Crippen molar-refractivity contribution in [1.29, 1.82) is 0 Å². The summed E-state index contributed by atoms with van der Waals surface area (Å²) < 4.78 is 2.05. The summed E-state index contributed by atoms with van der Waals surface area (Å²) in [6.07, 6.45) is 2.15. The fourth-order valence-electron chi connectivity index (χ4n) is 4.65. The van der Waals surface area contributed by atoms with E-state index < -0.39 is 17.5 Å². The van der Waals surface area contributed by atoms with E-state index in [4.69, 9.17) is 4.98 Å². The first-order valence-electron chi connectivity index (χ1n) is 11.2. The third-order valence-corrected chi connectivity index (χ3v) is 8.36. The second-order valence-corrected chi connectivity index (χ2v) is 11.0. The van der Waals surface area contributed by atoms with Gasteiger partial charge in [0, 0.05) is 28.7 Å². The van der Waals surface area contributed by atoms with Crippen molar-refractivity contribution < 1.29 is 19.2 Å². The predicted octanol–water partition coefficient (Wildman–Crippen LogP) is 3.63. The number of piperidine rings is 1. The highest BCUT2D eigenvalue weighted by Gasteiger charge is 2.48. The molecule has 0 radical (unpaired) electrons. The normalized spacial score (nSPS) is 20.5. The van der Waals surface area contributed by atoms with Gasteiger partial charge in [-0.25, -0.2) is 9.78 Å². The van der Waals surface area contributed by atoms with E-state index in [1.165, 1.54) is 4.90 Å². The van der Waals surface area contributed by atoms with Crippen molar-refractivity contribution in [3.63, 3.8) is 0 Å². The minimum absolute atomic E-state index is 0.206. The van der Waals surface area contributed by atoms with Gasteiger partial charge in [0.15, 0.2) is 0 Å². The largest absolute Gasteiger partial charge is 0.326 e. The zero-order chi connectivity index (χ0) is 24.3. The second kappa shape index (κ2) is 8.13. The van der Waals surface area contributed by atoms with Gasteiger partial charge in [-0.2, -0.15) is 0 Å². The van der Waals surface area contributed by atoms with Crippen LogP contribution in [0.3, 0.4) is 0 Å². The van der Waals surface area contributed by atoms with Gasteiger partial charge in [0.1, 0.15) is 11.0 Å². The number of hydrogen-bond acceptors (Lipinski definition) is 6. The summed E-state index contributed by atoms with van der Waals surface area (Å²) in [5.41, 5.74) is 2.24. The lowest BCUT2D eigenvalue weighted by Gasteiger charge is -2.29. The molecule has 1 aliphatic carbocycles. The van der Waals surface area contributed by atoms with E-state index in [1.54, 1.807) is 29.5 Å². The molecule has 2 aliphatic heterocycles. The average molecular weight is 554 g/mol. The van der Waals surface area contributed by atoms with Crippen LogP contribution in [-0.4, -0.2) is 39.7 Å². The SMILES string of the molecule is O=C1CCC(N2Cc3cc(NC(=O)NC4(c5nc6ccc(Br)cc6s5)CC4)ccc3C2=O)C(=O)N1. The van der Waals surface area contributed by atoms with Gasteiger partial charge < -0.3 is 15.5 Å². The first kappa shape index (κ1) is 22.2. The molecule has 2 fully saturated rings. The first-order valence-corrected chi connectivity index (χ1v) is 12.9. The number of halogens is 1. The van der Waals surface area contributed by atoms with E-state index in [1.807, 2.05) is 18.2 Å². The van der Waals surface area contributed by atoms with Crippen LogP contribution in [-0.2, 0) is 21.7 Å². The number of aromatic nitrogens is 1. The van der Waals surface area contributed by atoms with Crippen LogP contribution >= 0.6 is 27.3 Å². The van der Waals surface area contributed by atoms with Gasteiger partial charge in [-0.15, -0.1) is 11.3 Å². The molecule has 6 rings (SSSR count). The molecule has 1 saturated carbocycles. The van der Waals surface area contributed by atoms with E-state index in [0.717, 1.165) is 38.1 Å². The number of carbonyl (C=O) groups is 4. The van der Waals surface area contributed by atoms with Crippen LogP contribution in [0, 0.1) is 0 Å². The Morgan fingerprint density at radius 1 is 1.17 bits per heavy atom. The van der Waals surface area contributed by atoms with Crippen molar-refractivity contribution in [1.82, 2.24) is 20.5 Å². The molecule has 3 aromatic rings. The number of amides is 5. The number of anilines is 1. The fourth-order valence-corrected chi connectivity index (χ4v) is 6.37. The molecule has 1 unspecified atom stereocenters. The quantitative estimate of drug-likeness (QED) is 0.426. The average Bonchev–Trinajstić information content (AvgIpc) is 3.34. The zero-order valence-electron chi connectivity index (χ0n) is 18.4. The maximum Gasteiger partial charge on any atom is 0.320 e. The molecule has 178 valence electrons. The Kier molecular flexibility index (Phi) is 5.15. The topological polar surface area (TPSA) is 120 Å². The Bertz CT molecular complexity index is 1430. The van der Waals surface area contributed by atoms with Crippen molar-refractivity contribution in [3.05, 3.63) is 57.0 Å². The van der Waals surface area contributed by atoms with Gasteiger partial charge in [0.05, 0.1) is 15.8 Å². The number of nitrogens with one attached hydrogen (secondary N) is 3. The van der Waals surface area contributed by atoms with E-state index in [2.05, 4.69) is 31.9 Å². The molecule has 9 nitrogen and oxygen atoms in total. The molecular weight excluding hydrogens is 534 g/mol. The summed E-state index contributed by atoms with van der Waals surface area (Å²) in [5.74, 6) is -1.01. The molecule has 0 bridgehead atoms. The number of carbonyl (C=O) groups excluding carboxylic acids is 4. The number of nitrogens with zero attached hydrogens (tertiary/aromatic N) is 2. The van der Waals surface area contributed by atoms with Crippen LogP contribution in [0.4, 0.5) is 10.5 Å². The summed E-state index contributed by atoms with van der Waals surface area (Å²) >= 11 is 5.06. The van der Waals surface area contributed by atoms with Crippen molar-refractivity contribution in [2.45, 2.75) is 43.8 Å². The number of fused-ring (bicyclic) bond motifs is 2. The number of benzene rings is 2. The number of hydrogen-bond donors (Lipinski definition) is 3. The third-order valence-electron chi connectivity index (χ3n) is 6.64. The number of imide groups is 1. The van der Waals surface area contributed by atoms with Crippen molar-refractivity contribution in [2.24, 2.45) is 0 Å². The van der Waals surface area contributed by atoms with Crippen LogP contribution in [0.15, 0.2) is 40.9 Å². The molecule has 1 saturated heterocycles. The molecule has 1 aromatic heterocycles. The molecule has 3 aliphatic rings. The lowest BCUT2D eigenvalue weighted by molar-refractivity contribution is -0.136. The monoisotopic (exact) mass is 553 g/mol. The maximum absolute atomic E-state index is 12.9. The molecule has 2 aromatic carbocycles. The standard InChI is InChI=1S/C24H20BrN5O4S/c25-13-1-4-16-18(10-13)35-22(27-16)24(7-8-24)29-23(34)26-14-2-3-15-12(9-14)11-30(21(15)33)17-5-6-19(31)28-20(17)32/h1-4,9-10,17H,5-8,11H2,(H2,26,29,34)(H,28,31,32). The summed E-state index contributed by atoms with van der Waals surface area (Å²) in [4.78, 5) is 55.6. The van der Waals surface area contributed by atoms with E-state index in [0.29, 0.717) is 17.7 Å². The van der Waals surface area contributed by atoms with E-state index >= 15 is 0 Å². The minimum Gasteiger partial charge on any atom is -0.326 e. The molecule has 1 atom stereocenters. The highest BCUT2D eigenvalue weighted by atomic mass is 79.9. The molecule has 3 heterocycles. The van der Waals surface area contributed by atoms with Gasteiger partial charge >= 0.3 is 6.03 Å². The Hall–Kier alpha value is -3.31. The number of thiazole rings is 1. The Morgan fingerprint density at radius 3 is 2.77 bits per heavy atom. The molecular formula is C24H20BrN5O4S. The highest BCUT2D eigenvalue weighted by Crippen LogP contribution is 2.48. The molecule has 3 N–H and O–H groups in total. The van der Waals surface area contributed by atoms with Crippen molar-refractivity contribution in [3.8, 4) is 0 Å². The maximum atomic E-state index is 12.9. The van der Waals surface area contributed by atoms with Gasteiger partial charge in [-0.05, 0) is 61.2 Å². The second-order valence-electron chi connectivity index (χ2n) is 9.06. The minimum atomic E-state index is -0.670. The van der Waals surface area contributed by atoms with E-state index in [-0.39, 0.29) is 30.8 Å². The molecule has 35 heavy (non-hydrogen) atoms. The molecule has 11 heteroatoms. The third kappa shape index (κ3) is 3.98. The smallest absolute Gasteiger partial charge is 0.320 e. The summed E-state index contributed by atoms with van der Waals surface area (Å²) in [5, 5.41) is 9.14. The first-order chi connectivity index (χ1) is 16.8. The summed E-state index contributed by atoms with van der Waals surface area (Å²) in [6, 6.07) is 10.0. The van der Waals surface area contributed by atoms with Gasteiger partial charge in [0.25, 0.3) is 5.91 Å². The van der Waals surface area contributed by atoms with Crippen LogP contribution in [0.25, 0.3) is 10.2 Å². The Balaban J connectivity index is 1.15. The lowest BCUT2D eigenvalue weighted by Crippen LogP contribution is -2.52. The Morgan fingerprint density at radius 2 is 2.00 bits per heavy atom. The van der Waals surface area contributed by atoms with Crippen molar-refractivity contribution in [2.75, 3.05) is 5.32 Å². The Labute approximate surface area is 212 Å². The van der Waals surface area contributed by atoms with Gasteiger partial charge in [-0.1, -0.05) is 15.9 Å². The lowest BCUT2D eigenvalue weighted by atomic mass is 10.0. The number of rotatable bonds is 4. The molecule has 5 amide bonds. The van der Waals surface area contributed by atoms with Crippen LogP contribution < -0.4 is 16.0 Å². The predicted molar refractivity (Wildman–Crippen MR) is 133 cm³/mol. The number of urea groups is 1. The van der Waals surface area contributed by atoms with Gasteiger partial charge in [-0.3, -0.25) is 19.7 Å². The highest BCUT2D eigenvalue weighted by molar-refractivity contribution is 9.10. The van der Waals surface area contributed by atoms with Crippen molar-refractivity contribution >= 4 is 66.9 Å². The van der Waals surface area contributed by atoms with Gasteiger partial charge in [0.2, 0.25) is 11.8 Å².